The molecule has 1 N–H and O–H groups in total. The summed E-state index contributed by atoms with van der Waals surface area (Å²) in [6.45, 7) is -2.25. The van der Waals surface area contributed by atoms with Crippen LogP contribution >= 0.6 is 0 Å². The SMILES string of the molecule is O=C(Nc1ccc(OC(F)F)cc1)[C@@H]1CCCO1. The van der Waals surface area contributed by atoms with Gasteiger partial charge in [-0.3, -0.25) is 4.79 Å². The molecule has 0 aromatic heterocycles. The number of rotatable bonds is 4. The fourth-order valence-electron chi connectivity index (χ4n) is 1.73. The average Bonchev–Trinajstić information content (AvgIpc) is 2.84. The van der Waals surface area contributed by atoms with Crippen LogP contribution in [0.25, 0.3) is 0 Å². The van der Waals surface area contributed by atoms with Crippen molar-refractivity contribution in [3.05, 3.63) is 24.3 Å². The third kappa shape index (κ3) is 3.40. The van der Waals surface area contributed by atoms with Gasteiger partial charge in [-0.25, -0.2) is 0 Å². The minimum Gasteiger partial charge on any atom is -0.435 e. The monoisotopic (exact) mass is 257 g/mol. The fraction of sp³-hybridized carbons (Fsp3) is 0.417. The molecular weight excluding hydrogens is 244 g/mol. The van der Waals surface area contributed by atoms with Gasteiger partial charge in [-0.2, -0.15) is 8.78 Å². The Kier molecular flexibility index (Phi) is 4.09. The van der Waals surface area contributed by atoms with E-state index >= 15 is 0 Å². The molecule has 0 spiro atoms. The average molecular weight is 257 g/mol. The highest BCUT2D eigenvalue weighted by Gasteiger charge is 2.23. The molecular formula is C12H13F2NO3. The van der Waals surface area contributed by atoms with E-state index in [2.05, 4.69) is 10.1 Å². The Morgan fingerprint density at radius 1 is 1.39 bits per heavy atom. The van der Waals surface area contributed by atoms with Crippen molar-refractivity contribution >= 4 is 11.6 Å². The molecule has 1 aliphatic rings. The second-order valence-electron chi connectivity index (χ2n) is 3.89. The highest BCUT2D eigenvalue weighted by atomic mass is 19.3. The second kappa shape index (κ2) is 5.77. The van der Waals surface area contributed by atoms with Gasteiger partial charge in [0, 0.05) is 12.3 Å². The molecule has 0 radical (unpaired) electrons. The van der Waals surface area contributed by atoms with E-state index in [1.165, 1.54) is 24.3 Å². The molecule has 0 bridgehead atoms. The molecule has 1 fully saturated rings. The molecule has 1 aromatic carbocycles. The van der Waals surface area contributed by atoms with Crippen LogP contribution in [0.5, 0.6) is 5.75 Å². The normalized spacial score (nSPS) is 18.9. The molecule has 1 saturated heterocycles. The molecule has 0 unspecified atom stereocenters. The lowest BCUT2D eigenvalue weighted by Crippen LogP contribution is -2.26. The van der Waals surface area contributed by atoms with Crippen molar-refractivity contribution in [2.75, 3.05) is 11.9 Å². The number of hydrogen-bond donors (Lipinski definition) is 1. The van der Waals surface area contributed by atoms with Gasteiger partial charge in [0.2, 0.25) is 0 Å². The van der Waals surface area contributed by atoms with Gasteiger partial charge in [0.1, 0.15) is 11.9 Å². The first kappa shape index (κ1) is 12.8. The summed E-state index contributed by atoms with van der Waals surface area (Å²) in [7, 11) is 0. The Labute approximate surface area is 103 Å². The topological polar surface area (TPSA) is 47.6 Å². The number of carbonyl (C=O) groups is 1. The summed E-state index contributed by atoms with van der Waals surface area (Å²) in [5.41, 5.74) is 0.525. The molecule has 1 aliphatic heterocycles. The van der Waals surface area contributed by atoms with E-state index in [0.29, 0.717) is 18.7 Å². The van der Waals surface area contributed by atoms with Gasteiger partial charge >= 0.3 is 6.61 Å². The quantitative estimate of drug-likeness (QED) is 0.901. The fourth-order valence-corrected chi connectivity index (χ4v) is 1.73. The van der Waals surface area contributed by atoms with Crippen LogP contribution < -0.4 is 10.1 Å². The molecule has 1 heterocycles. The molecule has 1 amide bonds. The maximum absolute atomic E-state index is 11.9. The highest BCUT2D eigenvalue weighted by Crippen LogP contribution is 2.19. The molecule has 6 heteroatoms. The van der Waals surface area contributed by atoms with Crippen molar-refractivity contribution in [3.63, 3.8) is 0 Å². The summed E-state index contributed by atoms with van der Waals surface area (Å²) in [5, 5.41) is 2.66. The Balaban J connectivity index is 1.91. The zero-order chi connectivity index (χ0) is 13.0. The lowest BCUT2D eigenvalue weighted by molar-refractivity contribution is -0.124. The first-order valence-corrected chi connectivity index (χ1v) is 5.62. The van der Waals surface area contributed by atoms with Crippen LogP contribution in [-0.2, 0) is 9.53 Å². The Morgan fingerprint density at radius 2 is 2.11 bits per heavy atom. The van der Waals surface area contributed by atoms with Crippen molar-refractivity contribution in [1.82, 2.24) is 0 Å². The summed E-state index contributed by atoms with van der Waals surface area (Å²) >= 11 is 0. The minimum absolute atomic E-state index is 0.0557. The number of anilines is 1. The second-order valence-corrected chi connectivity index (χ2v) is 3.89. The number of carbonyl (C=O) groups excluding carboxylic acids is 1. The van der Waals surface area contributed by atoms with Crippen LogP contribution in [0.15, 0.2) is 24.3 Å². The largest absolute Gasteiger partial charge is 0.435 e. The van der Waals surface area contributed by atoms with Gasteiger partial charge in [-0.05, 0) is 37.1 Å². The van der Waals surface area contributed by atoms with Crippen LogP contribution in [-0.4, -0.2) is 25.2 Å². The van der Waals surface area contributed by atoms with Gasteiger partial charge in [-0.1, -0.05) is 0 Å². The summed E-state index contributed by atoms with van der Waals surface area (Å²) in [5.74, 6) is -0.157. The Bertz CT molecular complexity index is 402. The molecule has 1 aromatic rings. The zero-order valence-electron chi connectivity index (χ0n) is 9.57. The van der Waals surface area contributed by atoms with Gasteiger partial charge in [0.15, 0.2) is 0 Å². The number of hydrogen-bond acceptors (Lipinski definition) is 3. The van der Waals surface area contributed by atoms with E-state index in [0.717, 1.165) is 6.42 Å². The van der Waals surface area contributed by atoms with E-state index in [-0.39, 0.29) is 11.7 Å². The Hall–Kier alpha value is -1.69. The summed E-state index contributed by atoms with van der Waals surface area (Å²) in [6.07, 6.45) is 1.17. The van der Waals surface area contributed by atoms with Crippen molar-refractivity contribution in [1.29, 1.82) is 0 Å². The molecule has 98 valence electrons. The Morgan fingerprint density at radius 3 is 2.67 bits per heavy atom. The zero-order valence-corrected chi connectivity index (χ0v) is 9.57. The third-order valence-electron chi connectivity index (χ3n) is 2.57. The van der Waals surface area contributed by atoms with E-state index in [1.54, 1.807) is 0 Å². The van der Waals surface area contributed by atoms with E-state index in [1.807, 2.05) is 0 Å². The lowest BCUT2D eigenvalue weighted by atomic mass is 10.2. The van der Waals surface area contributed by atoms with Gasteiger partial charge in [-0.15, -0.1) is 0 Å². The number of alkyl halides is 2. The number of halogens is 2. The maximum Gasteiger partial charge on any atom is 0.387 e. The lowest BCUT2D eigenvalue weighted by Gasteiger charge is -2.11. The van der Waals surface area contributed by atoms with Crippen LogP contribution in [0.4, 0.5) is 14.5 Å². The summed E-state index contributed by atoms with van der Waals surface area (Å²) < 4.78 is 33.3. The highest BCUT2D eigenvalue weighted by molar-refractivity contribution is 5.94. The van der Waals surface area contributed by atoms with Crippen molar-refractivity contribution in [2.45, 2.75) is 25.6 Å². The number of nitrogens with one attached hydrogen (secondary N) is 1. The first-order valence-electron chi connectivity index (χ1n) is 5.62. The molecule has 1 atom stereocenters. The van der Waals surface area contributed by atoms with Gasteiger partial charge in [0.05, 0.1) is 0 Å². The van der Waals surface area contributed by atoms with Crippen LogP contribution in [0.3, 0.4) is 0 Å². The molecule has 0 aliphatic carbocycles. The van der Waals surface area contributed by atoms with Crippen LogP contribution in [0.2, 0.25) is 0 Å². The number of ether oxygens (including phenoxy) is 2. The minimum atomic E-state index is -2.85. The predicted octanol–water partition coefficient (Wildman–Crippen LogP) is 2.41. The van der Waals surface area contributed by atoms with Gasteiger partial charge in [0.25, 0.3) is 5.91 Å². The van der Waals surface area contributed by atoms with E-state index in [9.17, 15) is 13.6 Å². The van der Waals surface area contributed by atoms with Crippen LogP contribution in [0, 0.1) is 0 Å². The molecule has 4 nitrogen and oxygen atoms in total. The number of benzene rings is 1. The predicted molar refractivity (Wildman–Crippen MR) is 60.7 cm³/mol. The van der Waals surface area contributed by atoms with E-state index < -0.39 is 12.7 Å². The summed E-state index contributed by atoms with van der Waals surface area (Å²) in [6, 6.07) is 5.75. The molecule has 18 heavy (non-hydrogen) atoms. The van der Waals surface area contributed by atoms with Crippen LogP contribution in [0.1, 0.15) is 12.8 Å². The summed E-state index contributed by atoms with van der Waals surface area (Å²) in [4.78, 5) is 11.7. The van der Waals surface area contributed by atoms with E-state index in [4.69, 9.17) is 4.74 Å². The van der Waals surface area contributed by atoms with Crippen molar-refractivity contribution in [2.24, 2.45) is 0 Å². The standard InChI is InChI=1S/C12H13F2NO3/c13-12(14)18-9-5-3-8(4-6-9)15-11(16)10-2-1-7-17-10/h3-6,10,12H,1-2,7H2,(H,15,16)/t10-/m0/s1. The third-order valence-corrected chi connectivity index (χ3v) is 2.57. The smallest absolute Gasteiger partial charge is 0.387 e. The molecule has 2 rings (SSSR count). The first-order chi connectivity index (χ1) is 8.65. The number of amides is 1. The molecule has 0 saturated carbocycles. The van der Waals surface area contributed by atoms with Gasteiger partial charge < -0.3 is 14.8 Å². The van der Waals surface area contributed by atoms with Crippen molar-refractivity contribution in [3.8, 4) is 5.75 Å². The van der Waals surface area contributed by atoms with Crippen molar-refractivity contribution < 1.29 is 23.0 Å². The maximum atomic E-state index is 11.9.